The van der Waals surface area contributed by atoms with Crippen LogP contribution >= 0.6 is 0 Å². The molecule has 2 N–H and O–H groups in total. The van der Waals surface area contributed by atoms with Gasteiger partial charge in [0.05, 0.1) is 10.6 Å². The first-order chi connectivity index (χ1) is 12.5. The predicted molar refractivity (Wildman–Crippen MR) is 103 cm³/mol. The molecule has 5 nitrogen and oxygen atoms in total. The van der Waals surface area contributed by atoms with Gasteiger partial charge in [-0.05, 0) is 53.9 Å². The van der Waals surface area contributed by atoms with Crippen molar-refractivity contribution in [1.82, 2.24) is 0 Å². The van der Waals surface area contributed by atoms with Gasteiger partial charge < -0.3 is 5.32 Å². The van der Waals surface area contributed by atoms with Crippen molar-refractivity contribution in [3.05, 3.63) is 66.7 Å². The molecule has 1 saturated carbocycles. The lowest BCUT2D eigenvalue weighted by atomic mass is 10.1. The Morgan fingerprint density at radius 1 is 0.846 bits per heavy atom. The monoisotopic (exact) mass is 366 g/mol. The zero-order valence-corrected chi connectivity index (χ0v) is 14.8. The molecule has 0 spiro atoms. The number of anilines is 2. The molecule has 26 heavy (non-hydrogen) atoms. The minimum atomic E-state index is -3.72. The summed E-state index contributed by atoms with van der Waals surface area (Å²) >= 11 is 0. The fourth-order valence-electron chi connectivity index (χ4n) is 2.80. The molecule has 0 bridgehead atoms. The van der Waals surface area contributed by atoms with Crippen LogP contribution in [0.3, 0.4) is 0 Å². The maximum atomic E-state index is 12.7. The zero-order chi connectivity index (χ0) is 18.1. The van der Waals surface area contributed by atoms with Gasteiger partial charge in [-0.1, -0.05) is 36.4 Å². The average Bonchev–Trinajstić information content (AvgIpc) is 3.46. The van der Waals surface area contributed by atoms with Crippen LogP contribution in [-0.2, 0) is 14.8 Å². The number of hydrogen-bond donors (Lipinski definition) is 2. The minimum Gasteiger partial charge on any atom is -0.326 e. The molecule has 132 valence electrons. The zero-order valence-electron chi connectivity index (χ0n) is 14.0. The number of rotatable bonds is 5. The van der Waals surface area contributed by atoms with E-state index in [9.17, 15) is 13.2 Å². The molecule has 0 heterocycles. The first-order valence-corrected chi connectivity index (χ1v) is 9.92. The van der Waals surface area contributed by atoms with E-state index in [-0.39, 0.29) is 16.7 Å². The molecule has 3 aromatic rings. The van der Waals surface area contributed by atoms with E-state index in [0.717, 1.165) is 23.6 Å². The van der Waals surface area contributed by atoms with Crippen molar-refractivity contribution in [1.29, 1.82) is 0 Å². The number of carbonyl (C=O) groups is 1. The number of carbonyl (C=O) groups excluding carboxylic acids is 1. The third kappa shape index (κ3) is 3.55. The van der Waals surface area contributed by atoms with E-state index in [1.165, 1.54) is 0 Å². The molecule has 1 aliphatic carbocycles. The maximum Gasteiger partial charge on any atom is 0.261 e. The Bertz CT molecular complexity index is 1090. The summed E-state index contributed by atoms with van der Waals surface area (Å²) in [7, 11) is -3.72. The van der Waals surface area contributed by atoms with Crippen LogP contribution in [0.1, 0.15) is 12.8 Å². The molecule has 1 amide bonds. The number of amides is 1. The Labute approximate surface area is 152 Å². The van der Waals surface area contributed by atoms with E-state index in [4.69, 9.17) is 0 Å². The van der Waals surface area contributed by atoms with Crippen molar-refractivity contribution in [3.63, 3.8) is 0 Å². The second-order valence-electron chi connectivity index (χ2n) is 6.46. The van der Waals surface area contributed by atoms with Crippen LogP contribution in [0.25, 0.3) is 10.8 Å². The Hall–Kier alpha value is -2.86. The van der Waals surface area contributed by atoms with Gasteiger partial charge in [0.15, 0.2) is 0 Å². The molecule has 0 radical (unpaired) electrons. The number of nitrogens with one attached hydrogen (secondary N) is 2. The van der Waals surface area contributed by atoms with Gasteiger partial charge in [0, 0.05) is 11.6 Å². The van der Waals surface area contributed by atoms with Crippen molar-refractivity contribution in [3.8, 4) is 0 Å². The van der Waals surface area contributed by atoms with Crippen molar-refractivity contribution in [2.24, 2.45) is 5.92 Å². The summed E-state index contributed by atoms with van der Waals surface area (Å²) in [5.74, 6) is 0.0764. The summed E-state index contributed by atoms with van der Waals surface area (Å²) < 4.78 is 28.0. The highest BCUT2D eigenvalue weighted by atomic mass is 32.2. The lowest BCUT2D eigenvalue weighted by Crippen LogP contribution is -2.15. The topological polar surface area (TPSA) is 75.3 Å². The first-order valence-electron chi connectivity index (χ1n) is 8.44. The van der Waals surface area contributed by atoms with E-state index in [2.05, 4.69) is 10.0 Å². The van der Waals surface area contributed by atoms with Crippen molar-refractivity contribution < 1.29 is 13.2 Å². The summed E-state index contributed by atoms with van der Waals surface area (Å²) in [6, 6.07) is 19.4. The molecule has 0 saturated heterocycles. The number of sulfonamides is 1. The summed E-state index contributed by atoms with van der Waals surface area (Å²) in [5.41, 5.74) is 0.993. The van der Waals surface area contributed by atoms with Crippen molar-refractivity contribution >= 4 is 38.1 Å². The average molecular weight is 366 g/mol. The van der Waals surface area contributed by atoms with Crippen LogP contribution in [0, 0.1) is 5.92 Å². The second kappa shape index (κ2) is 6.46. The van der Waals surface area contributed by atoms with Gasteiger partial charge in [-0.15, -0.1) is 0 Å². The molecule has 1 aliphatic rings. The van der Waals surface area contributed by atoms with Gasteiger partial charge in [0.1, 0.15) is 0 Å². The lowest BCUT2D eigenvalue weighted by Gasteiger charge is -2.11. The molecular formula is C20H18N2O3S. The smallest absolute Gasteiger partial charge is 0.261 e. The quantitative estimate of drug-likeness (QED) is 0.717. The Balaban J connectivity index is 1.57. The van der Waals surface area contributed by atoms with Gasteiger partial charge in [0.25, 0.3) is 10.0 Å². The van der Waals surface area contributed by atoms with Gasteiger partial charge in [0.2, 0.25) is 5.91 Å². The molecule has 0 unspecified atom stereocenters. The standard InChI is InChI=1S/C20H18N2O3S/c23-20(15-8-9-15)21-17-6-3-7-18(13-17)22-26(24,25)19-11-10-14-4-1-2-5-16(14)12-19/h1-7,10-13,15,22H,8-9H2,(H,21,23). The van der Waals surface area contributed by atoms with E-state index in [1.807, 2.05) is 24.3 Å². The van der Waals surface area contributed by atoms with E-state index in [1.54, 1.807) is 42.5 Å². The van der Waals surface area contributed by atoms with Crippen LogP contribution in [0.5, 0.6) is 0 Å². The highest BCUT2D eigenvalue weighted by Crippen LogP contribution is 2.30. The SMILES string of the molecule is O=C(Nc1cccc(NS(=O)(=O)c2ccc3ccccc3c2)c1)C1CC1. The van der Waals surface area contributed by atoms with Crippen LogP contribution in [-0.4, -0.2) is 14.3 Å². The minimum absolute atomic E-state index is 0.0143. The van der Waals surface area contributed by atoms with Gasteiger partial charge in [-0.25, -0.2) is 8.42 Å². The molecule has 0 aromatic heterocycles. The maximum absolute atomic E-state index is 12.7. The highest BCUT2D eigenvalue weighted by molar-refractivity contribution is 7.92. The molecule has 0 aliphatic heterocycles. The summed E-state index contributed by atoms with van der Waals surface area (Å²) in [6.45, 7) is 0. The molecule has 0 atom stereocenters. The number of hydrogen-bond acceptors (Lipinski definition) is 3. The lowest BCUT2D eigenvalue weighted by molar-refractivity contribution is -0.117. The van der Waals surface area contributed by atoms with Crippen molar-refractivity contribution in [2.45, 2.75) is 17.7 Å². The second-order valence-corrected chi connectivity index (χ2v) is 8.14. The first kappa shape index (κ1) is 16.6. The Morgan fingerprint density at radius 2 is 1.58 bits per heavy atom. The predicted octanol–water partition coefficient (Wildman–Crippen LogP) is 3.99. The number of benzene rings is 3. The fourth-order valence-corrected chi connectivity index (χ4v) is 3.88. The molecule has 1 fully saturated rings. The van der Waals surface area contributed by atoms with Crippen LogP contribution < -0.4 is 10.0 Å². The van der Waals surface area contributed by atoms with Crippen LogP contribution in [0.4, 0.5) is 11.4 Å². The van der Waals surface area contributed by atoms with E-state index in [0.29, 0.717) is 11.4 Å². The Morgan fingerprint density at radius 3 is 2.35 bits per heavy atom. The van der Waals surface area contributed by atoms with E-state index >= 15 is 0 Å². The molecular weight excluding hydrogens is 348 g/mol. The van der Waals surface area contributed by atoms with Gasteiger partial charge in [-0.3, -0.25) is 9.52 Å². The molecule has 6 heteroatoms. The summed E-state index contributed by atoms with van der Waals surface area (Å²) in [6.07, 6.45) is 1.83. The highest BCUT2D eigenvalue weighted by Gasteiger charge is 2.29. The third-order valence-corrected chi connectivity index (χ3v) is 5.74. The van der Waals surface area contributed by atoms with Gasteiger partial charge in [-0.2, -0.15) is 0 Å². The third-order valence-electron chi connectivity index (χ3n) is 4.36. The van der Waals surface area contributed by atoms with E-state index < -0.39 is 10.0 Å². The van der Waals surface area contributed by atoms with Crippen molar-refractivity contribution in [2.75, 3.05) is 10.0 Å². The largest absolute Gasteiger partial charge is 0.326 e. The number of fused-ring (bicyclic) bond motifs is 1. The fraction of sp³-hybridized carbons (Fsp3) is 0.150. The molecule has 3 aromatic carbocycles. The Kier molecular flexibility index (Phi) is 4.12. The summed E-state index contributed by atoms with van der Waals surface area (Å²) in [4.78, 5) is 12.1. The normalized spacial score (nSPS) is 14.2. The van der Waals surface area contributed by atoms with Gasteiger partial charge >= 0.3 is 0 Å². The van der Waals surface area contributed by atoms with Crippen LogP contribution in [0.15, 0.2) is 71.6 Å². The molecule has 4 rings (SSSR count). The van der Waals surface area contributed by atoms with Crippen LogP contribution in [0.2, 0.25) is 0 Å². The summed E-state index contributed by atoms with van der Waals surface area (Å²) in [5, 5.41) is 4.66.